The number of hydrogen-bond donors (Lipinski definition) is 1. The molecule has 0 radical (unpaired) electrons. The van der Waals surface area contributed by atoms with E-state index in [1.54, 1.807) is 12.1 Å². The van der Waals surface area contributed by atoms with Gasteiger partial charge in [0, 0.05) is 5.70 Å². The van der Waals surface area contributed by atoms with Crippen molar-refractivity contribution >= 4 is 23.0 Å². The number of aromatic nitrogens is 2. The maximum atomic E-state index is 13.5. The van der Waals surface area contributed by atoms with Gasteiger partial charge >= 0.3 is 5.97 Å². The lowest BCUT2D eigenvalue weighted by atomic mass is 9.95. The van der Waals surface area contributed by atoms with Gasteiger partial charge in [-0.05, 0) is 36.8 Å². The summed E-state index contributed by atoms with van der Waals surface area (Å²) in [5.74, 6) is -0.152. The third-order valence-corrected chi connectivity index (χ3v) is 4.57. The Bertz CT molecular complexity index is 1070. The summed E-state index contributed by atoms with van der Waals surface area (Å²) in [7, 11) is 0. The van der Waals surface area contributed by atoms with Crippen molar-refractivity contribution < 1.29 is 13.9 Å². The minimum Gasteiger partial charge on any atom is -0.458 e. The largest absolute Gasteiger partial charge is 0.458 e. The topological polar surface area (TPSA) is 56.1 Å². The van der Waals surface area contributed by atoms with E-state index in [0.717, 1.165) is 16.6 Å². The predicted octanol–water partition coefficient (Wildman–Crippen LogP) is 4.19. The number of fused-ring (bicyclic) bond motifs is 3. The molecule has 1 N–H and O–H groups in total. The fourth-order valence-electron chi connectivity index (χ4n) is 3.40. The molecule has 1 aliphatic heterocycles. The normalized spacial score (nSPS) is 16.0. The molecule has 1 aromatic heterocycles. The Hall–Kier alpha value is -3.41. The van der Waals surface area contributed by atoms with Gasteiger partial charge in [0.05, 0.1) is 22.6 Å². The summed E-state index contributed by atoms with van der Waals surface area (Å²) in [4.78, 5) is 17.4. The lowest BCUT2D eigenvalue weighted by Gasteiger charge is -2.30. The first-order valence-electron chi connectivity index (χ1n) is 8.58. The molecule has 1 atom stereocenters. The SMILES string of the molecule is C=CCOC(=O)C1=C(C)Nc2nc3ccccc3n2C1c1ccc(F)cc1. The average molecular weight is 363 g/mol. The summed E-state index contributed by atoms with van der Waals surface area (Å²) < 4.78 is 20.8. The van der Waals surface area contributed by atoms with Crippen LogP contribution in [0.1, 0.15) is 18.5 Å². The number of carbonyl (C=O) groups excluding carboxylic acids is 1. The van der Waals surface area contributed by atoms with E-state index >= 15 is 0 Å². The minimum atomic E-state index is -0.480. The molecule has 3 aromatic rings. The second-order valence-corrected chi connectivity index (χ2v) is 6.30. The van der Waals surface area contributed by atoms with Gasteiger partial charge in [-0.1, -0.05) is 36.9 Å². The second-order valence-electron chi connectivity index (χ2n) is 6.30. The number of allylic oxidation sites excluding steroid dienone is 1. The molecule has 0 aliphatic carbocycles. The number of carbonyl (C=O) groups is 1. The van der Waals surface area contributed by atoms with Crippen LogP contribution in [0.4, 0.5) is 10.3 Å². The molecule has 0 bridgehead atoms. The van der Waals surface area contributed by atoms with Crippen molar-refractivity contribution in [3.8, 4) is 0 Å². The number of esters is 1. The number of anilines is 1. The van der Waals surface area contributed by atoms with Gasteiger partial charge in [-0.25, -0.2) is 14.2 Å². The molecule has 1 aliphatic rings. The number of imidazole rings is 1. The summed E-state index contributed by atoms with van der Waals surface area (Å²) in [5, 5.41) is 3.20. The molecule has 0 saturated carbocycles. The Morgan fingerprint density at radius 3 is 2.78 bits per heavy atom. The smallest absolute Gasteiger partial charge is 0.338 e. The molecule has 136 valence electrons. The summed E-state index contributed by atoms with van der Waals surface area (Å²) in [6.45, 7) is 5.51. The number of hydrogen-bond acceptors (Lipinski definition) is 4. The maximum absolute atomic E-state index is 13.5. The molecule has 2 heterocycles. The standard InChI is InChI=1S/C21H18FN3O2/c1-3-12-27-20(26)18-13(2)23-21-24-16-6-4-5-7-17(16)25(21)19(18)14-8-10-15(22)11-9-14/h3-11,19H,1,12H2,2H3,(H,23,24). The van der Waals surface area contributed by atoms with E-state index in [4.69, 9.17) is 4.74 Å². The van der Waals surface area contributed by atoms with Crippen LogP contribution in [-0.4, -0.2) is 22.1 Å². The number of rotatable bonds is 4. The Labute approximate surface area is 155 Å². The quantitative estimate of drug-likeness (QED) is 0.558. The van der Waals surface area contributed by atoms with Crippen molar-refractivity contribution in [1.29, 1.82) is 0 Å². The van der Waals surface area contributed by atoms with E-state index in [2.05, 4.69) is 16.9 Å². The van der Waals surface area contributed by atoms with Crippen molar-refractivity contribution in [1.82, 2.24) is 9.55 Å². The third kappa shape index (κ3) is 2.89. The van der Waals surface area contributed by atoms with Gasteiger partial charge in [0.1, 0.15) is 12.4 Å². The van der Waals surface area contributed by atoms with E-state index in [9.17, 15) is 9.18 Å². The summed E-state index contributed by atoms with van der Waals surface area (Å²) in [6.07, 6.45) is 1.52. The number of ether oxygens (including phenoxy) is 1. The zero-order valence-corrected chi connectivity index (χ0v) is 14.8. The van der Waals surface area contributed by atoms with Crippen LogP contribution in [0.5, 0.6) is 0 Å². The Morgan fingerprint density at radius 1 is 1.30 bits per heavy atom. The first-order valence-corrected chi connectivity index (χ1v) is 8.58. The van der Waals surface area contributed by atoms with Crippen LogP contribution in [0.2, 0.25) is 0 Å². The molecular weight excluding hydrogens is 345 g/mol. The Kier molecular flexibility index (Phi) is 4.24. The van der Waals surface area contributed by atoms with Crippen LogP contribution < -0.4 is 5.32 Å². The van der Waals surface area contributed by atoms with Crippen molar-refractivity contribution in [2.24, 2.45) is 0 Å². The van der Waals surface area contributed by atoms with Crippen LogP contribution >= 0.6 is 0 Å². The molecule has 2 aromatic carbocycles. The molecule has 0 spiro atoms. The molecule has 5 nitrogen and oxygen atoms in total. The third-order valence-electron chi connectivity index (χ3n) is 4.57. The molecule has 6 heteroatoms. The molecule has 27 heavy (non-hydrogen) atoms. The predicted molar refractivity (Wildman–Crippen MR) is 102 cm³/mol. The van der Waals surface area contributed by atoms with Crippen LogP contribution in [0, 0.1) is 5.82 Å². The van der Waals surface area contributed by atoms with Crippen molar-refractivity contribution in [2.75, 3.05) is 11.9 Å². The highest BCUT2D eigenvalue weighted by Crippen LogP contribution is 2.39. The number of benzene rings is 2. The number of para-hydroxylation sites is 2. The monoisotopic (exact) mass is 363 g/mol. The van der Waals surface area contributed by atoms with Gasteiger partial charge in [-0.15, -0.1) is 0 Å². The fraction of sp³-hybridized carbons (Fsp3) is 0.143. The lowest BCUT2D eigenvalue weighted by Crippen LogP contribution is -2.29. The summed E-state index contributed by atoms with van der Waals surface area (Å²) in [5.41, 5.74) is 3.56. The van der Waals surface area contributed by atoms with Gasteiger partial charge in [0.2, 0.25) is 5.95 Å². The van der Waals surface area contributed by atoms with Gasteiger partial charge in [0.25, 0.3) is 0 Å². The first-order chi connectivity index (χ1) is 13.1. The first kappa shape index (κ1) is 17.0. The van der Waals surface area contributed by atoms with E-state index < -0.39 is 12.0 Å². The van der Waals surface area contributed by atoms with Gasteiger partial charge in [0.15, 0.2) is 0 Å². The highest BCUT2D eigenvalue weighted by molar-refractivity contribution is 5.94. The van der Waals surface area contributed by atoms with Crippen molar-refractivity contribution in [2.45, 2.75) is 13.0 Å². The number of halogens is 1. The number of nitrogens with zero attached hydrogens (tertiary/aromatic N) is 2. The van der Waals surface area contributed by atoms with Crippen LogP contribution in [-0.2, 0) is 9.53 Å². The summed E-state index contributed by atoms with van der Waals surface area (Å²) >= 11 is 0. The zero-order chi connectivity index (χ0) is 19.0. The number of nitrogens with one attached hydrogen (secondary N) is 1. The fourth-order valence-corrected chi connectivity index (χ4v) is 3.40. The van der Waals surface area contributed by atoms with Gasteiger partial charge in [-0.3, -0.25) is 4.57 Å². The molecule has 0 fully saturated rings. The van der Waals surface area contributed by atoms with Crippen molar-refractivity contribution in [3.05, 3.63) is 83.8 Å². The van der Waals surface area contributed by atoms with Gasteiger partial charge < -0.3 is 10.1 Å². The zero-order valence-electron chi connectivity index (χ0n) is 14.8. The molecular formula is C21H18FN3O2. The average Bonchev–Trinajstić information content (AvgIpc) is 3.03. The molecule has 1 unspecified atom stereocenters. The van der Waals surface area contributed by atoms with Crippen LogP contribution in [0.3, 0.4) is 0 Å². The maximum Gasteiger partial charge on any atom is 0.338 e. The summed E-state index contributed by atoms with van der Waals surface area (Å²) in [6, 6.07) is 13.3. The van der Waals surface area contributed by atoms with Gasteiger partial charge in [-0.2, -0.15) is 0 Å². The van der Waals surface area contributed by atoms with E-state index in [1.165, 1.54) is 18.2 Å². The van der Waals surface area contributed by atoms with Crippen molar-refractivity contribution in [3.63, 3.8) is 0 Å². The van der Waals surface area contributed by atoms with Crippen LogP contribution in [0.15, 0.2) is 72.5 Å². The van der Waals surface area contributed by atoms with Crippen LogP contribution in [0.25, 0.3) is 11.0 Å². The van der Waals surface area contributed by atoms with E-state index in [1.807, 2.05) is 35.8 Å². The molecule has 0 saturated heterocycles. The molecule has 4 rings (SSSR count). The minimum absolute atomic E-state index is 0.114. The molecule has 0 amide bonds. The Morgan fingerprint density at radius 2 is 2.04 bits per heavy atom. The Balaban J connectivity index is 1.93. The second kappa shape index (κ2) is 6.72. The van der Waals surface area contributed by atoms with E-state index in [0.29, 0.717) is 17.2 Å². The highest BCUT2D eigenvalue weighted by atomic mass is 19.1. The lowest BCUT2D eigenvalue weighted by molar-refractivity contribution is -0.138. The highest BCUT2D eigenvalue weighted by Gasteiger charge is 2.34. The van der Waals surface area contributed by atoms with E-state index in [-0.39, 0.29) is 12.4 Å².